The molecule has 3 aromatic rings. The molecule has 1 aliphatic rings. The first-order valence-electron chi connectivity index (χ1n) is 11.9. The maximum atomic E-state index is 13.9. The highest BCUT2D eigenvalue weighted by Gasteiger charge is 2.35. The van der Waals surface area contributed by atoms with Crippen molar-refractivity contribution in [3.05, 3.63) is 84.5 Å². The monoisotopic (exact) mass is 532 g/mol. The van der Waals surface area contributed by atoms with Crippen molar-refractivity contribution in [3.8, 4) is 29.6 Å². The van der Waals surface area contributed by atoms with Crippen LogP contribution in [0.15, 0.2) is 63.5 Å². The van der Waals surface area contributed by atoms with Crippen LogP contribution in [-0.4, -0.2) is 37.5 Å². The molecule has 0 aliphatic carbocycles. The van der Waals surface area contributed by atoms with Gasteiger partial charge in [-0.1, -0.05) is 35.5 Å². The Kier molecular flexibility index (Phi) is 8.03. The number of benzene rings is 2. The van der Waals surface area contributed by atoms with Crippen LogP contribution in [0.5, 0.6) is 17.2 Å². The normalized spacial score (nSPS) is 15.0. The highest BCUT2D eigenvalue weighted by atomic mass is 32.1. The second-order valence-corrected chi connectivity index (χ2v) is 9.68. The number of ether oxygens (including phenoxy) is 4. The summed E-state index contributed by atoms with van der Waals surface area (Å²) in [7, 11) is 3.08. The third-order valence-electron chi connectivity index (χ3n) is 5.83. The van der Waals surface area contributed by atoms with Crippen LogP contribution >= 0.6 is 11.3 Å². The molecule has 38 heavy (non-hydrogen) atoms. The number of hydrogen-bond donors (Lipinski definition) is 0. The van der Waals surface area contributed by atoms with Crippen molar-refractivity contribution >= 4 is 23.4 Å². The quantitative estimate of drug-likeness (QED) is 0.327. The maximum absolute atomic E-state index is 13.9. The second kappa shape index (κ2) is 11.4. The fourth-order valence-corrected chi connectivity index (χ4v) is 5.24. The fourth-order valence-electron chi connectivity index (χ4n) is 4.20. The van der Waals surface area contributed by atoms with Gasteiger partial charge < -0.3 is 18.9 Å². The Morgan fingerprint density at radius 2 is 1.95 bits per heavy atom. The Labute approximate surface area is 224 Å². The number of rotatable bonds is 8. The van der Waals surface area contributed by atoms with Gasteiger partial charge in [0.2, 0.25) is 0 Å². The minimum Gasteiger partial charge on any atom is -0.497 e. The third kappa shape index (κ3) is 5.22. The van der Waals surface area contributed by atoms with E-state index in [1.165, 1.54) is 23.0 Å². The Hall–Kier alpha value is -4.29. The number of nitrogens with zero attached hydrogens (tertiary/aromatic N) is 2. The molecule has 0 saturated heterocycles. The van der Waals surface area contributed by atoms with Gasteiger partial charge in [-0.3, -0.25) is 9.36 Å². The van der Waals surface area contributed by atoms with Gasteiger partial charge in [0, 0.05) is 11.1 Å². The summed E-state index contributed by atoms with van der Waals surface area (Å²) in [6.07, 6.45) is 6.73. The van der Waals surface area contributed by atoms with Gasteiger partial charge in [-0.2, -0.15) is 0 Å². The Morgan fingerprint density at radius 3 is 2.63 bits per heavy atom. The minimum atomic E-state index is -0.849. The summed E-state index contributed by atoms with van der Waals surface area (Å²) >= 11 is 1.22. The van der Waals surface area contributed by atoms with Gasteiger partial charge in [0.05, 0.1) is 36.1 Å². The zero-order chi connectivity index (χ0) is 27.4. The smallest absolute Gasteiger partial charge is 0.338 e. The SMILES string of the molecule is C#CCOc1ccccc1C=c1sc2n(c1=O)C(c1cc(OC)ccc1OC)C(C(=O)OC(C)C)=C(C)N=2. The van der Waals surface area contributed by atoms with E-state index in [9.17, 15) is 9.59 Å². The van der Waals surface area contributed by atoms with Crippen LogP contribution in [0.3, 0.4) is 0 Å². The fraction of sp³-hybridized carbons (Fsp3) is 0.276. The predicted octanol–water partition coefficient (Wildman–Crippen LogP) is 3.22. The molecule has 2 aromatic carbocycles. The largest absolute Gasteiger partial charge is 0.497 e. The van der Waals surface area contributed by atoms with Crippen LogP contribution in [0.2, 0.25) is 0 Å². The Bertz CT molecular complexity index is 1620. The molecule has 1 aromatic heterocycles. The molecule has 2 heterocycles. The van der Waals surface area contributed by atoms with Gasteiger partial charge in [-0.05, 0) is 51.1 Å². The van der Waals surface area contributed by atoms with E-state index in [4.69, 9.17) is 25.4 Å². The summed E-state index contributed by atoms with van der Waals surface area (Å²) in [5, 5.41) is 0. The topological polar surface area (TPSA) is 88.3 Å². The molecule has 0 radical (unpaired) electrons. The number of carbonyl (C=O) groups is 1. The minimum absolute atomic E-state index is 0.0995. The van der Waals surface area contributed by atoms with Gasteiger partial charge >= 0.3 is 5.97 Å². The number of thiazole rings is 1. The van der Waals surface area contributed by atoms with Crippen molar-refractivity contribution in [2.24, 2.45) is 4.99 Å². The molecule has 0 N–H and O–H groups in total. The zero-order valence-corrected chi connectivity index (χ0v) is 22.6. The number of terminal acetylenes is 1. The standard InChI is InChI=1S/C29H28N2O6S/c1-7-14-36-22-11-9-8-10-19(22)15-24-27(32)31-26(21-16-20(34-5)12-13-23(21)35-6)25(28(33)37-17(2)3)18(4)30-29(31)38-24/h1,8-13,15-17,26H,14H2,2-6H3. The summed E-state index contributed by atoms with van der Waals surface area (Å²) in [5.41, 5.74) is 1.65. The lowest BCUT2D eigenvalue weighted by Crippen LogP contribution is -2.40. The summed E-state index contributed by atoms with van der Waals surface area (Å²) in [5.74, 6) is 3.49. The zero-order valence-electron chi connectivity index (χ0n) is 21.8. The second-order valence-electron chi connectivity index (χ2n) is 8.67. The van der Waals surface area contributed by atoms with Crippen LogP contribution in [0.25, 0.3) is 6.08 Å². The van der Waals surface area contributed by atoms with Gasteiger partial charge in [0.1, 0.15) is 29.9 Å². The number of aromatic nitrogens is 1. The molecular weight excluding hydrogens is 504 g/mol. The molecule has 1 aliphatic heterocycles. The number of para-hydroxylation sites is 1. The molecule has 9 heteroatoms. The molecular formula is C29H28N2O6S. The van der Waals surface area contributed by atoms with E-state index in [1.54, 1.807) is 58.2 Å². The number of hydrogen-bond acceptors (Lipinski definition) is 8. The molecule has 8 nitrogen and oxygen atoms in total. The lowest BCUT2D eigenvalue weighted by atomic mass is 9.94. The maximum Gasteiger partial charge on any atom is 0.338 e. The van der Waals surface area contributed by atoms with Crippen molar-refractivity contribution in [2.45, 2.75) is 32.9 Å². The summed E-state index contributed by atoms with van der Waals surface area (Å²) in [4.78, 5) is 32.4. The van der Waals surface area contributed by atoms with Crippen molar-refractivity contribution in [2.75, 3.05) is 20.8 Å². The van der Waals surface area contributed by atoms with Crippen molar-refractivity contribution in [3.63, 3.8) is 0 Å². The summed E-state index contributed by atoms with van der Waals surface area (Å²) < 4.78 is 24.2. The lowest BCUT2D eigenvalue weighted by molar-refractivity contribution is -0.143. The van der Waals surface area contributed by atoms with E-state index in [0.717, 1.165) is 0 Å². The molecule has 1 unspecified atom stereocenters. The number of esters is 1. The van der Waals surface area contributed by atoms with E-state index in [-0.39, 0.29) is 23.8 Å². The Balaban J connectivity index is 1.99. The third-order valence-corrected chi connectivity index (χ3v) is 6.82. The van der Waals surface area contributed by atoms with E-state index >= 15 is 0 Å². The molecule has 0 fully saturated rings. The lowest BCUT2D eigenvalue weighted by Gasteiger charge is -2.26. The molecule has 0 spiro atoms. The highest BCUT2D eigenvalue weighted by Crippen LogP contribution is 2.38. The molecule has 0 bridgehead atoms. The summed E-state index contributed by atoms with van der Waals surface area (Å²) in [6.45, 7) is 5.37. The van der Waals surface area contributed by atoms with Crippen LogP contribution in [-0.2, 0) is 9.53 Å². The number of methoxy groups -OCH3 is 2. The van der Waals surface area contributed by atoms with Gasteiger partial charge in [0.15, 0.2) is 4.80 Å². The molecule has 1 atom stereocenters. The van der Waals surface area contributed by atoms with Crippen molar-refractivity contribution < 1.29 is 23.7 Å². The van der Waals surface area contributed by atoms with Crippen molar-refractivity contribution in [1.82, 2.24) is 4.57 Å². The number of allylic oxidation sites excluding steroid dienone is 1. The van der Waals surface area contributed by atoms with Gasteiger partial charge in [-0.15, -0.1) is 6.42 Å². The van der Waals surface area contributed by atoms with Crippen LogP contribution in [0.1, 0.15) is 37.9 Å². The number of carbonyl (C=O) groups excluding carboxylic acids is 1. The van der Waals surface area contributed by atoms with E-state index in [1.807, 2.05) is 18.2 Å². The predicted molar refractivity (Wildman–Crippen MR) is 145 cm³/mol. The molecule has 196 valence electrons. The first kappa shape index (κ1) is 26.8. The van der Waals surface area contributed by atoms with E-state index in [0.29, 0.717) is 43.4 Å². The molecule has 0 saturated carbocycles. The summed E-state index contributed by atoms with van der Waals surface area (Å²) in [6, 6.07) is 11.7. The first-order valence-corrected chi connectivity index (χ1v) is 12.7. The molecule has 4 rings (SSSR count). The van der Waals surface area contributed by atoms with E-state index < -0.39 is 12.0 Å². The van der Waals surface area contributed by atoms with E-state index in [2.05, 4.69) is 10.9 Å². The van der Waals surface area contributed by atoms with Crippen LogP contribution < -0.4 is 29.1 Å². The highest BCUT2D eigenvalue weighted by molar-refractivity contribution is 7.07. The average Bonchev–Trinajstić information content (AvgIpc) is 3.20. The van der Waals surface area contributed by atoms with Crippen molar-refractivity contribution in [1.29, 1.82) is 0 Å². The van der Waals surface area contributed by atoms with Gasteiger partial charge in [-0.25, -0.2) is 9.79 Å². The first-order chi connectivity index (χ1) is 18.3. The average molecular weight is 533 g/mol. The Morgan fingerprint density at radius 1 is 1.18 bits per heavy atom. The van der Waals surface area contributed by atoms with Gasteiger partial charge in [0.25, 0.3) is 5.56 Å². The number of fused-ring (bicyclic) bond motifs is 1. The molecule has 0 amide bonds. The van der Waals surface area contributed by atoms with Crippen LogP contribution in [0, 0.1) is 12.3 Å². The van der Waals surface area contributed by atoms with Crippen LogP contribution in [0.4, 0.5) is 0 Å².